The molecule has 1 amide bonds. The highest BCUT2D eigenvalue weighted by Gasteiger charge is 2.30. The number of carbonyl (C=O) groups excluding carboxylic acids is 1. The van der Waals surface area contributed by atoms with Crippen molar-refractivity contribution < 1.29 is 26.7 Å². The van der Waals surface area contributed by atoms with Crippen LogP contribution in [0.4, 0.5) is 8.78 Å². The van der Waals surface area contributed by atoms with Crippen molar-refractivity contribution in [3.63, 3.8) is 0 Å². The SMILES string of the molecule is CC1(NC(=O)c2ccc3c(c2)n(S(=O)(=O)c2ccccc2)c(=O)n3-c2cccc(OC(F)F)c2)CCSCC1. The first kappa shape index (κ1) is 26.9. The molecular formula is C27H25F2N3O5S2. The van der Waals surface area contributed by atoms with Crippen LogP contribution in [0.25, 0.3) is 16.7 Å². The number of imidazole rings is 1. The number of nitrogens with one attached hydrogen (secondary N) is 1. The Morgan fingerprint density at radius 2 is 1.72 bits per heavy atom. The first-order valence-corrected chi connectivity index (χ1v) is 14.7. The van der Waals surface area contributed by atoms with Crippen molar-refractivity contribution in [2.45, 2.75) is 36.8 Å². The topological polar surface area (TPSA) is 99.4 Å². The molecule has 2 heterocycles. The third-order valence-corrected chi connectivity index (χ3v) is 9.34. The summed E-state index contributed by atoms with van der Waals surface area (Å²) in [5.41, 5.74) is -0.895. The standard InChI is InChI=1S/C27H25F2N3O5S2/c1-27(12-14-38-15-13-27)30-24(33)18-10-11-22-23(16-18)32(39(35,36)21-8-3-2-4-9-21)26(34)31(22)19-6-5-7-20(17-19)37-25(28)29/h2-11,16-17,25H,12-15H2,1H3,(H,30,33). The van der Waals surface area contributed by atoms with Gasteiger partial charge in [-0.3, -0.25) is 9.36 Å². The Bertz CT molecular complexity index is 1700. The molecule has 1 aliphatic heterocycles. The van der Waals surface area contributed by atoms with E-state index in [0.717, 1.165) is 28.9 Å². The summed E-state index contributed by atoms with van der Waals surface area (Å²) in [4.78, 5) is 26.9. The van der Waals surface area contributed by atoms with Crippen LogP contribution in [0.2, 0.25) is 0 Å². The van der Waals surface area contributed by atoms with Gasteiger partial charge in [-0.05, 0) is 73.7 Å². The zero-order chi connectivity index (χ0) is 27.8. The molecule has 4 aromatic rings. The summed E-state index contributed by atoms with van der Waals surface area (Å²) in [7, 11) is -4.40. The summed E-state index contributed by atoms with van der Waals surface area (Å²) in [6.45, 7) is -1.10. The van der Waals surface area contributed by atoms with Gasteiger partial charge in [0.1, 0.15) is 5.75 Å². The Morgan fingerprint density at radius 3 is 2.41 bits per heavy atom. The maximum Gasteiger partial charge on any atom is 0.387 e. The molecule has 1 N–H and O–H groups in total. The first-order chi connectivity index (χ1) is 18.6. The molecule has 12 heteroatoms. The summed E-state index contributed by atoms with van der Waals surface area (Å²) >= 11 is 1.82. The molecule has 8 nitrogen and oxygen atoms in total. The van der Waals surface area contributed by atoms with Crippen molar-refractivity contribution in [2.75, 3.05) is 11.5 Å². The second-order valence-electron chi connectivity index (χ2n) is 9.41. The van der Waals surface area contributed by atoms with Gasteiger partial charge in [0.2, 0.25) is 0 Å². The molecule has 0 saturated carbocycles. The number of hydrogen-bond donors (Lipinski definition) is 1. The van der Waals surface area contributed by atoms with Crippen LogP contribution in [-0.4, -0.2) is 46.5 Å². The van der Waals surface area contributed by atoms with E-state index >= 15 is 0 Å². The zero-order valence-electron chi connectivity index (χ0n) is 20.8. The van der Waals surface area contributed by atoms with Crippen molar-refractivity contribution in [2.24, 2.45) is 0 Å². The lowest BCUT2D eigenvalue weighted by Crippen LogP contribution is -2.48. The van der Waals surface area contributed by atoms with Crippen LogP contribution in [0.15, 0.2) is 82.5 Å². The van der Waals surface area contributed by atoms with Gasteiger partial charge in [0.15, 0.2) is 0 Å². The fraction of sp³-hybridized carbons (Fsp3) is 0.259. The lowest BCUT2D eigenvalue weighted by Gasteiger charge is -2.34. The van der Waals surface area contributed by atoms with E-state index in [-0.39, 0.29) is 38.8 Å². The summed E-state index contributed by atoms with van der Waals surface area (Å²) < 4.78 is 59.3. The Hall–Kier alpha value is -3.64. The number of rotatable bonds is 7. The second-order valence-corrected chi connectivity index (χ2v) is 12.4. The van der Waals surface area contributed by atoms with E-state index in [4.69, 9.17) is 0 Å². The van der Waals surface area contributed by atoms with Crippen LogP contribution in [0.5, 0.6) is 5.75 Å². The number of thioether (sulfide) groups is 1. The minimum atomic E-state index is -4.40. The molecule has 0 aliphatic carbocycles. The van der Waals surface area contributed by atoms with E-state index in [1.807, 2.05) is 18.7 Å². The molecule has 5 rings (SSSR count). The van der Waals surface area contributed by atoms with Crippen molar-refractivity contribution in [1.82, 2.24) is 13.9 Å². The predicted octanol–water partition coefficient (Wildman–Crippen LogP) is 4.65. The quantitative estimate of drug-likeness (QED) is 0.346. The molecule has 0 radical (unpaired) electrons. The van der Waals surface area contributed by atoms with Gasteiger partial charge in [-0.25, -0.2) is 13.2 Å². The van der Waals surface area contributed by atoms with Gasteiger partial charge in [-0.1, -0.05) is 24.3 Å². The van der Waals surface area contributed by atoms with Gasteiger partial charge >= 0.3 is 12.3 Å². The van der Waals surface area contributed by atoms with Crippen LogP contribution >= 0.6 is 11.8 Å². The number of hydrogen-bond acceptors (Lipinski definition) is 6. The highest BCUT2D eigenvalue weighted by Crippen LogP contribution is 2.28. The number of benzene rings is 3. The summed E-state index contributed by atoms with van der Waals surface area (Å²) in [6.07, 6.45) is 1.60. The third kappa shape index (κ3) is 5.30. The number of aromatic nitrogens is 2. The average Bonchev–Trinajstić information content (AvgIpc) is 3.20. The fourth-order valence-electron chi connectivity index (χ4n) is 4.58. The van der Waals surface area contributed by atoms with Crippen LogP contribution in [0.3, 0.4) is 0 Å². The van der Waals surface area contributed by atoms with E-state index in [1.165, 1.54) is 66.7 Å². The van der Waals surface area contributed by atoms with E-state index in [2.05, 4.69) is 10.1 Å². The molecule has 3 aromatic carbocycles. The van der Waals surface area contributed by atoms with Crippen LogP contribution in [0, 0.1) is 0 Å². The molecule has 1 saturated heterocycles. The van der Waals surface area contributed by atoms with Gasteiger partial charge in [0.25, 0.3) is 15.9 Å². The van der Waals surface area contributed by atoms with Crippen LogP contribution in [0.1, 0.15) is 30.1 Å². The first-order valence-electron chi connectivity index (χ1n) is 12.1. The van der Waals surface area contributed by atoms with E-state index in [9.17, 15) is 26.8 Å². The smallest absolute Gasteiger partial charge is 0.387 e. The van der Waals surface area contributed by atoms with Crippen molar-refractivity contribution in [1.29, 1.82) is 0 Å². The van der Waals surface area contributed by atoms with E-state index in [1.54, 1.807) is 6.07 Å². The second kappa shape index (κ2) is 10.5. The molecule has 0 unspecified atom stereocenters. The van der Waals surface area contributed by atoms with E-state index < -0.39 is 27.9 Å². The number of carbonyl (C=O) groups is 1. The predicted molar refractivity (Wildman–Crippen MR) is 146 cm³/mol. The van der Waals surface area contributed by atoms with Crippen molar-refractivity contribution in [3.8, 4) is 11.4 Å². The molecule has 0 spiro atoms. The molecule has 39 heavy (non-hydrogen) atoms. The van der Waals surface area contributed by atoms with Crippen LogP contribution < -0.4 is 15.7 Å². The number of alkyl halides is 2. The minimum Gasteiger partial charge on any atom is -0.435 e. The van der Waals surface area contributed by atoms with E-state index in [0.29, 0.717) is 3.97 Å². The van der Waals surface area contributed by atoms with Crippen LogP contribution in [-0.2, 0) is 10.0 Å². The van der Waals surface area contributed by atoms with Crippen molar-refractivity contribution >= 4 is 38.7 Å². The Kier molecular flexibility index (Phi) is 7.25. The number of halogens is 2. The van der Waals surface area contributed by atoms with Crippen molar-refractivity contribution in [3.05, 3.63) is 88.8 Å². The maximum atomic E-state index is 13.7. The third-order valence-electron chi connectivity index (χ3n) is 6.66. The fourth-order valence-corrected chi connectivity index (χ4v) is 7.38. The highest BCUT2D eigenvalue weighted by atomic mass is 32.2. The number of ether oxygens (including phenoxy) is 1. The lowest BCUT2D eigenvalue weighted by molar-refractivity contribution is -0.0498. The Morgan fingerprint density at radius 1 is 1.00 bits per heavy atom. The number of fused-ring (bicyclic) bond motifs is 1. The highest BCUT2D eigenvalue weighted by molar-refractivity contribution is 7.99. The molecule has 1 aliphatic rings. The Labute approximate surface area is 227 Å². The maximum absolute atomic E-state index is 13.7. The lowest BCUT2D eigenvalue weighted by atomic mass is 9.94. The summed E-state index contributed by atoms with van der Waals surface area (Å²) in [5, 5.41) is 3.06. The zero-order valence-corrected chi connectivity index (χ0v) is 22.5. The normalized spacial score (nSPS) is 15.4. The number of nitrogens with zero attached hydrogens (tertiary/aromatic N) is 2. The monoisotopic (exact) mass is 573 g/mol. The van der Waals surface area contributed by atoms with Gasteiger partial charge in [0, 0.05) is 17.2 Å². The largest absolute Gasteiger partial charge is 0.435 e. The van der Waals surface area contributed by atoms with Gasteiger partial charge in [0.05, 0.1) is 21.6 Å². The van der Waals surface area contributed by atoms with Gasteiger partial charge in [-0.15, -0.1) is 0 Å². The molecule has 1 fully saturated rings. The summed E-state index contributed by atoms with van der Waals surface area (Å²) in [6, 6.07) is 17.2. The number of amides is 1. The molecule has 1 aromatic heterocycles. The molecule has 0 bridgehead atoms. The molecule has 0 atom stereocenters. The van der Waals surface area contributed by atoms with Gasteiger partial charge in [-0.2, -0.15) is 24.5 Å². The molecule has 204 valence electrons. The average molecular weight is 574 g/mol. The minimum absolute atomic E-state index is 0.0268. The van der Waals surface area contributed by atoms with Gasteiger partial charge < -0.3 is 10.1 Å². The summed E-state index contributed by atoms with van der Waals surface area (Å²) in [5.74, 6) is 1.25. The molecular weight excluding hydrogens is 548 g/mol. The Balaban J connectivity index is 1.69.